The molecule has 160 valence electrons. The van der Waals surface area contributed by atoms with Crippen LogP contribution in [0.15, 0.2) is 48.5 Å². The van der Waals surface area contributed by atoms with Gasteiger partial charge in [0.25, 0.3) is 11.8 Å². The third kappa shape index (κ3) is 4.50. The maximum Gasteiger partial charge on any atom is 0.290 e. The maximum atomic E-state index is 13.2. The third-order valence-electron chi connectivity index (χ3n) is 5.08. The maximum absolute atomic E-state index is 13.2. The van der Waals surface area contributed by atoms with E-state index in [1.54, 1.807) is 48.2 Å². The van der Waals surface area contributed by atoms with Crippen LogP contribution in [-0.4, -0.2) is 35.2 Å². The largest absolute Gasteiger partial charge is 0.497 e. The molecule has 1 aromatic heterocycles. The summed E-state index contributed by atoms with van der Waals surface area (Å²) in [5.41, 5.74) is 8.31. The second kappa shape index (κ2) is 8.86. The lowest BCUT2D eigenvalue weighted by Crippen LogP contribution is -2.44. The summed E-state index contributed by atoms with van der Waals surface area (Å²) in [7, 11) is 1.58. The molecule has 1 aliphatic carbocycles. The van der Waals surface area contributed by atoms with E-state index in [9.17, 15) is 14.0 Å². The van der Waals surface area contributed by atoms with E-state index in [1.165, 1.54) is 12.1 Å². The minimum atomic E-state index is -0.489. The highest BCUT2D eigenvalue weighted by molar-refractivity contribution is 5.95. The second-order valence-corrected chi connectivity index (χ2v) is 7.10. The third-order valence-corrected chi connectivity index (χ3v) is 5.08. The van der Waals surface area contributed by atoms with E-state index in [2.05, 4.69) is 21.3 Å². The van der Waals surface area contributed by atoms with Gasteiger partial charge in [-0.15, -0.1) is 0 Å². The lowest BCUT2D eigenvalue weighted by Gasteiger charge is -2.09. The number of nitrogens with one attached hydrogen (secondary N) is 3. The average molecular weight is 423 g/mol. The summed E-state index contributed by atoms with van der Waals surface area (Å²) in [5, 5.41) is 7.38. The second-order valence-electron chi connectivity index (χ2n) is 7.10. The fourth-order valence-electron chi connectivity index (χ4n) is 3.54. The van der Waals surface area contributed by atoms with E-state index in [4.69, 9.17) is 4.74 Å². The lowest BCUT2D eigenvalue weighted by atomic mass is 10.2. The molecule has 2 amide bonds. The molecule has 0 unspecified atom stereocenters. The number of hydrogen-bond acceptors (Lipinski definition) is 5. The van der Waals surface area contributed by atoms with Crippen molar-refractivity contribution in [1.82, 2.24) is 20.6 Å². The van der Waals surface area contributed by atoms with E-state index in [0.29, 0.717) is 5.69 Å². The zero-order chi connectivity index (χ0) is 21.8. The van der Waals surface area contributed by atoms with Gasteiger partial charge in [0, 0.05) is 16.9 Å². The number of hydrazine groups is 1. The number of nitrogens with zero attached hydrogens (tertiary/aromatic N) is 2. The van der Waals surface area contributed by atoms with Gasteiger partial charge in [-0.25, -0.2) is 9.07 Å². The Morgan fingerprint density at radius 3 is 2.52 bits per heavy atom. The Labute approximate surface area is 178 Å². The number of ether oxygens (including phenoxy) is 1. The van der Waals surface area contributed by atoms with Crippen molar-refractivity contribution >= 4 is 17.5 Å². The Bertz CT molecular complexity index is 1090. The molecular weight excluding hydrogens is 401 g/mol. The molecule has 0 fully saturated rings. The molecule has 3 aromatic rings. The number of carbonyl (C=O) groups is 2. The number of rotatable bonds is 6. The van der Waals surface area contributed by atoms with Crippen LogP contribution in [0.4, 0.5) is 10.1 Å². The van der Waals surface area contributed by atoms with E-state index < -0.39 is 11.8 Å². The van der Waals surface area contributed by atoms with Crippen LogP contribution in [0.2, 0.25) is 0 Å². The SMILES string of the molecule is COc1ccc(NCC(=O)NNC(=O)c2nn(-c3ccc(F)cc3)c3c2CCC3)cc1. The van der Waals surface area contributed by atoms with Crippen molar-refractivity contribution in [1.29, 1.82) is 0 Å². The smallest absolute Gasteiger partial charge is 0.290 e. The van der Waals surface area contributed by atoms with Crippen LogP contribution >= 0.6 is 0 Å². The summed E-state index contributed by atoms with van der Waals surface area (Å²) >= 11 is 0. The highest BCUT2D eigenvalue weighted by atomic mass is 19.1. The zero-order valence-electron chi connectivity index (χ0n) is 16.9. The zero-order valence-corrected chi connectivity index (χ0v) is 16.9. The van der Waals surface area contributed by atoms with Gasteiger partial charge in [-0.3, -0.25) is 20.4 Å². The molecule has 31 heavy (non-hydrogen) atoms. The molecule has 0 atom stereocenters. The predicted molar refractivity (Wildman–Crippen MR) is 113 cm³/mol. The number of amides is 2. The highest BCUT2D eigenvalue weighted by Gasteiger charge is 2.27. The molecule has 0 aliphatic heterocycles. The quantitative estimate of drug-likeness (QED) is 0.529. The molecule has 8 nitrogen and oxygen atoms in total. The standard InChI is InChI=1S/C22H22FN5O3/c1-31-17-11-7-15(8-12-17)24-13-20(29)25-26-22(30)21-18-3-2-4-19(18)28(27-21)16-9-5-14(23)6-10-16/h5-12,24H,2-4,13H2,1H3,(H,25,29)(H,26,30). The normalized spacial score (nSPS) is 12.2. The van der Waals surface area contributed by atoms with Crippen LogP contribution in [0, 0.1) is 5.82 Å². The van der Waals surface area contributed by atoms with Crippen LogP contribution < -0.4 is 20.9 Å². The fraction of sp³-hybridized carbons (Fsp3) is 0.227. The van der Waals surface area contributed by atoms with Crippen molar-refractivity contribution < 1.29 is 18.7 Å². The first kappa shape index (κ1) is 20.4. The molecule has 1 aliphatic rings. The van der Waals surface area contributed by atoms with Gasteiger partial charge in [0.15, 0.2) is 5.69 Å². The van der Waals surface area contributed by atoms with Gasteiger partial charge < -0.3 is 10.1 Å². The molecule has 9 heteroatoms. The van der Waals surface area contributed by atoms with Crippen LogP contribution in [0.3, 0.4) is 0 Å². The Balaban J connectivity index is 1.38. The summed E-state index contributed by atoms with van der Waals surface area (Å²) in [6.07, 6.45) is 2.42. The molecule has 0 saturated heterocycles. The first-order valence-electron chi connectivity index (χ1n) is 9.89. The summed E-state index contributed by atoms with van der Waals surface area (Å²) in [6.45, 7) is -0.0191. The summed E-state index contributed by atoms with van der Waals surface area (Å²) in [5.74, 6) is -0.512. The van der Waals surface area contributed by atoms with Crippen molar-refractivity contribution in [3.05, 3.63) is 71.3 Å². The number of hydrogen-bond donors (Lipinski definition) is 3. The van der Waals surface area contributed by atoms with Gasteiger partial charge in [0.2, 0.25) is 0 Å². The van der Waals surface area contributed by atoms with Crippen molar-refractivity contribution in [2.75, 3.05) is 19.0 Å². The first-order chi connectivity index (χ1) is 15.0. The van der Waals surface area contributed by atoms with Crippen LogP contribution in [0.1, 0.15) is 28.2 Å². The van der Waals surface area contributed by atoms with Crippen molar-refractivity contribution in [3.63, 3.8) is 0 Å². The van der Waals surface area contributed by atoms with Crippen LogP contribution in [-0.2, 0) is 17.6 Å². The monoisotopic (exact) mass is 423 g/mol. The van der Waals surface area contributed by atoms with E-state index >= 15 is 0 Å². The highest BCUT2D eigenvalue weighted by Crippen LogP contribution is 2.27. The van der Waals surface area contributed by atoms with Crippen molar-refractivity contribution in [2.45, 2.75) is 19.3 Å². The number of aromatic nitrogens is 2. The Morgan fingerprint density at radius 1 is 1.06 bits per heavy atom. The number of anilines is 1. The molecule has 3 N–H and O–H groups in total. The minimum Gasteiger partial charge on any atom is -0.497 e. The molecule has 1 heterocycles. The van der Waals surface area contributed by atoms with Crippen molar-refractivity contribution in [2.24, 2.45) is 0 Å². The number of benzene rings is 2. The van der Waals surface area contributed by atoms with Crippen LogP contribution in [0.5, 0.6) is 5.75 Å². The number of methoxy groups -OCH3 is 1. The lowest BCUT2D eigenvalue weighted by molar-refractivity contribution is -0.120. The molecule has 0 radical (unpaired) electrons. The molecule has 2 aromatic carbocycles. The molecule has 0 saturated carbocycles. The first-order valence-corrected chi connectivity index (χ1v) is 9.89. The predicted octanol–water partition coefficient (Wildman–Crippen LogP) is 2.38. The van der Waals surface area contributed by atoms with Gasteiger partial charge in [0.1, 0.15) is 11.6 Å². The number of carbonyl (C=O) groups excluding carboxylic acids is 2. The van der Waals surface area contributed by atoms with Gasteiger partial charge in [-0.1, -0.05) is 0 Å². The number of fused-ring (bicyclic) bond motifs is 1. The summed E-state index contributed by atoms with van der Waals surface area (Å²) in [6, 6.07) is 13.1. The van der Waals surface area contributed by atoms with E-state index in [0.717, 1.165) is 42.0 Å². The van der Waals surface area contributed by atoms with Gasteiger partial charge >= 0.3 is 0 Å². The van der Waals surface area contributed by atoms with Gasteiger partial charge in [-0.2, -0.15) is 5.10 Å². The molecule has 0 bridgehead atoms. The molecular formula is C22H22FN5O3. The van der Waals surface area contributed by atoms with Crippen LogP contribution in [0.25, 0.3) is 5.69 Å². The average Bonchev–Trinajstić information content (AvgIpc) is 3.40. The van der Waals surface area contributed by atoms with Gasteiger partial charge in [0.05, 0.1) is 19.3 Å². The number of halogens is 1. The fourth-order valence-corrected chi connectivity index (χ4v) is 3.54. The Kier molecular flexibility index (Phi) is 5.83. The van der Waals surface area contributed by atoms with E-state index in [1.807, 2.05) is 0 Å². The minimum absolute atomic E-state index is 0.0191. The van der Waals surface area contributed by atoms with Crippen molar-refractivity contribution in [3.8, 4) is 11.4 Å². The summed E-state index contributed by atoms with van der Waals surface area (Å²) < 4.78 is 20.0. The molecule has 4 rings (SSSR count). The Morgan fingerprint density at radius 2 is 1.81 bits per heavy atom. The topological polar surface area (TPSA) is 97.3 Å². The molecule has 0 spiro atoms. The van der Waals surface area contributed by atoms with E-state index in [-0.39, 0.29) is 18.1 Å². The van der Waals surface area contributed by atoms with Gasteiger partial charge in [-0.05, 0) is 67.8 Å². The summed E-state index contributed by atoms with van der Waals surface area (Å²) in [4.78, 5) is 24.7. The Hall–Kier alpha value is -3.88.